The Labute approximate surface area is 125 Å². The lowest BCUT2D eigenvalue weighted by Crippen LogP contribution is -2.21. The molecule has 4 nitrogen and oxygen atoms in total. The lowest BCUT2D eigenvalue weighted by molar-refractivity contribution is -0.137. The normalized spacial score (nSPS) is 11.8. The van der Waals surface area contributed by atoms with Crippen molar-refractivity contribution in [2.45, 2.75) is 12.6 Å². The number of alkyl halides is 3. The quantitative estimate of drug-likeness (QED) is 0.685. The second-order valence-corrected chi connectivity index (χ2v) is 4.67. The molecule has 0 aliphatic carbocycles. The Bertz CT molecular complexity index is 689. The van der Waals surface area contributed by atoms with Crippen molar-refractivity contribution >= 4 is 12.1 Å². The van der Waals surface area contributed by atoms with Gasteiger partial charge in [-0.05, 0) is 18.2 Å². The second kappa shape index (κ2) is 6.46. The molecule has 2 aromatic rings. The van der Waals surface area contributed by atoms with Crippen molar-refractivity contribution in [3.63, 3.8) is 0 Å². The minimum Gasteiger partial charge on any atom is -0.354 e. The number of hydrazone groups is 1. The van der Waals surface area contributed by atoms with Crippen LogP contribution in [0.1, 0.15) is 16.8 Å². The van der Waals surface area contributed by atoms with Crippen molar-refractivity contribution < 1.29 is 18.0 Å². The average Bonchev–Trinajstić information content (AvgIpc) is 2.83. The summed E-state index contributed by atoms with van der Waals surface area (Å²) in [7, 11) is 1.80. The van der Waals surface area contributed by atoms with Gasteiger partial charge in [0, 0.05) is 24.5 Å². The highest BCUT2D eigenvalue weighted by atomic mass is 19.4. The highest BCUT2D eigenvalue weighted by Crippen LogP contribution is 2.30. The number of nitrogens with zero attached hydrogens (tertiary/aromatic N) is 2. The van der Waals surface area contributed by atoms with Gasteiger partial charge in [-0.25, -0.2) is 5.43 Å². The molecule has 116 valence electrons. The van der Waals surface area contributed by atoms with Gasteiger partial charge in [0.25, 0.3) is 0 Å². The summed E-state index contributed by atoms with van der Waals surface area (Å²) in [6.45, 7) is 0. The summed E-state index contributed by atoms with van der Waals surface area (Å²) in [5, 5.41) is 3.59. The van der Waals surface area contributed by atoms with Crippen molar-refractivity contribution in [1.29, 1.82) is 0 Å². The van der Waals surface area contributed by atoms with Crippen molar-refractivity contribution in [2.24, 2.45) is 12.1 Å². The zero-order chi connectivity index (χ0) is 16.2. The first-order chi connectivity index (χ1) is 10.4. The molecular weight excluding hydrogens is 295 g/mol. The van der Waals surface area contributed by atoms with E-state index in [1.807, 2.05) is 0 Å². The first-order valence-corrected chi connectivity index (χ1v) is 6.46. The number of amides is 1. The van der Waals surface area contributed by atoms with Gasteiger partial charge in [-0.15, -0.1) is 0 Å². The molecule has 1 aromatic carbocycles. The van der Waals surface area contributed by atoms with Crippen molar-refractivity contribution in [2.75, 3.05) is 0 Å². The van der Waals surface area contributed by atoms with Crippen LogP contribution in [-0.2, 0) is 24.4 Å². The van der Waals surface area contributed by atoms with Crippen molar-refractivity contribution in [3.8, 4) is 0 Å². The van der Waals surface area contributed by atoms with E-state index >= 15 is 0 Å². The third-order valence-electron chi connectivity index (χ3n) is 3.05. The maximum atomic E-state index is 12.8. The molecule has 0 fully saturated rings. The van der Waals surface area contributed by atoms with E-state index in [9.17, 15) is 18.0 Å². The highest BCUT2D eigenvalue weighted by molar-refractivity contribution is 5.84. The summed E-state index contributed by atoms with van der Waals surface area (Å²) in [6, 6.07) is 8.60. The zero-order valence-electron chi connectivity index (χ0n) is 11.8. The van der Waals surface area contributed by atoms with Crippen LogP contribution in [0.3, 0.4) is 0 Å². The molecule has 1 N–H and O–H groups in total. The predicted octanol–water partition coefficient (Wildman–Crippen LogP) is 2.74. The molecule has 0 radical (unpaired) electrons. The van der Waals surface area contributed by atoms with E-state index in [-0.39, 0.29) is 12.0 Å². The van der Waals surface area contributed by atoms with Crippen LogP contribution in [0.5, 0.6) is 0 Å². The topological polar surface area (TPSA) is 46.4 Å². The van der Waals surface area contributed by atoms with Gasteiger partial charge in [-0.2, -0.15) is 18.3 Å². The van der Waals surface area contributed by atoms with Crippen LogP contribution in [0.15, 0.2) is 47.7 Å². The third kappa shape index (κ3) is 3.97. The Kier molecular flexibility index (Phi) is 4.65. The predicted molar refractivity (Wildman–Crippen MR) is 76.3 cm³/mol. The number of carbonyl (C=O) groups is 1. The van der Waals surface area contributed by atoms with E-state index in [1.54, 1.807) is 29.9 Å². The molecule has 0 unspecified atom stereocenters. The summed E-state index contributed by atoms with van der Waals surface area (Å²) in [5.74, 6) is -0.400. The molecule has 7 heteroatoms. The van der Waals surface area contributed by atoms with Gasteiger partial charge in [0.15, 0.2) is 0 Å². The Morgan fingerprint density at radius 2 is 2.00 bits per heavy atom. The van der Waals surface area contributed by atoms with E-state index in [0.29, 0.717) is 0 Å². The molecule has 1 aromatic heterocycles. The number of nitrogens with one attached hydrogen (secondary N) is 1. The number of benzene rings is 1. The molecule has 0 bridgehead atoms. The Balaban J connectivity index is 2.01. The van der Waals surface area contributed by atoms with Crippen LogP contribution in [0, 0.1) is 0 Å². The van der Waals surface area contributed by atoms with E-state index in [2.05, 4.69) is 10.5 Å². The second-order valence-electron chi connectivity index (χ2n) is 4.67. The van der Waals surface area contributed by atoms with E-state index in [1.165, 1.54) is 18.2 Å². The molecule has 1 amide bonds. The van der Waals surface area contributed by atoms with Crippen LogP contribution >= 0.6 is 0 Å². The number of carbonyl (C=O) groups excluding carboxylic acids is 1. The molecule has 0 aliphatic rings. The number of aryl methyl sites for hydroxylation is 1. The number of halogens is 3. The van der Waals surface area contributed by atoms with Crippen LogP contribution < -0.4 is 5.43 Å². The molecule has 22 heavy (non-hydrogen) atoms. The Hall–Kier alpha value is -2.57. The number of aromatic nitrogens is 1. The van der Waals surface area contributed by atoms with E-state index < -0.39 is 17.6 Å². The van der Waals surface area contributed by atoms with Gasteiger partial charge < -0.3 is 4.57 Å². The van der Waals surface area contributed by atoms with Gasteiger partial charge in [-0.1, -0.05) is 18.2 Å². The van der Waals surface area contributed by atoms with Crippen LogP contribution in [0.25, 0.3) is 0 Å². The molecule has 0 saturated heterocycles. The molecular formula is C15H14F3N3O. The summed E-state index contributed by atoms with van der Waals surface area (Å²) >= 11 is 0. The minimum atomic E-state index is -4.46. The van der Waals surface area contributed by atoms with Crippen LogP contribution in [0.2, 0.25) is 0 Å². The molecule has 0 saturated carbocycles. The molecule has 0 atom stereocenters. The van der Waals surface area contributed by atoms with Gasteiger partial charge in [0.2, 0.25) is 5.91 Å². The number of hydrogen-bond acceptors (Lipinski definition) is 2. The smallest absolute Gasteiger partial charge is 0.354 e. The van der Waals surface area contributed by atoms with E-state index in [4.69, 9.17) is 0 Å². The first kappa shape index (κ1) is 15.8. The standard InChI is InChI=1S/C15H14F3N3O/c1-21-8-4-6-12(21)9-14(22)20-19-10-11-5-2-3-7-13(11)15(16,17)18/h2-8,10H,9H2,1H3,(H,20,22). The minimum absolute atomic E-state index is 0.0990. The maximum absolute atomic E-state index is 12.8. The average molecular weight is 309 g/mol. The van der Waals surface area contributed by atoms with E-state index in [0.717, 1.165) is 18.0 Å². The van der Waals surface area contributed by atoms with Gasteiger partial charge in [0.1, 0.15) is 0 Å². The summed E-state index contributed by atoms with van der Waals surface area (Å²) in [6.07, 6.45) is -1.57. The monoisotopic (exact) mass is 309 g/mol. The van der Waals surface area contributed by atoms with Gasteiger partial charge in [0.05, 0.1) is 18.2 Å². The number of rotatable bonds is 4. The van der Waals surface area contributed by atoms with Crippen molar-refractivity contribution in [1.82, 2.24) is 9.99 Å². The van der Waals surface area contributed by atoms with Crippen molar-refractivity contribution in [3.05, 3.63) is 59.4 Å². The fourth-order valence-corrected chi connectivity index (χ4v) is 1.93. The van der Waals surface area contributed by atoms with Crippen LogP contribution in [0.4, 0.5) is 13.2 Å². The Morgan fingerprint density at radius 3 is 2.64 bits per heavy atom. The SMILES string of the molecule is Cn1cccc1CC(=O)NN=Cc1ccccc1C(F)(F)F. The zero-order valence-corrected chi connectivity index (χ0v) is 11.8. The fourth-order valence-electron chi connectivity index (χ4n) is 1.93. The van der Waals surface area contributed by atoms with Crippen LogP contribution in [-0.4, -0.2) is 16.7 Å². The summed E-state index contributed by atoms with van der Waals surface area (Å²) < 4.78 is 40.1. The number of hydrogen-bond donors (Lipinski definition) is 1. The molecule has 2 rings (SSSR count). The molecule has 1 heterocycles. The molecule has 0 spiro atoms. The summed E-state index contributed by atoms with van der Waals surface area (Å²) in [5.41, 5.74) is 2.11. The lowest BCUT2D eigenvalue weighted by Gasteiger charge is -2.09. The maximum Gasteiger partial charge on any atom is 0.417 e. The molecule has 0 aliphatic heterocycles. The third-order valence-corrected chi connectivity index (χ3v) is 3.05. The van der Waals surface area contributed by atoms with Gasteiger partial charge >= 0.3 is 6.18 Å². The highest BCUT2D eigenvalue weighted by Gasteiger charge is 2.32. The fraction of sp³-hybridized carbons (Fsp3) is 0.200. The first-order valence-electron chi connectivity index (χ1n) is 6.46. The largest absolute Gasteiger partial charge is 0.417 e. The Morgan fingerprint density at radius 1 is 1.27 bits per heavy atom. The van der Waals surface area contributed by atoms with Gasteiger partial charge in [-0.3, -0.25) is 4.79 Å². The lowest BCUT2D eigenvalue weighted by atomic mass is 10.1. The summed E-state index contributed by atoms with van der Waals surface area (Å²) in [4.78, 5) is 11.7.